The van der Waals surface area contributed by atoms with Crippen LogP contribution >= 0.6 is 0 Å². The largest absolute Gasteiger partial charge is 0.398 e. The number of rotatable bonds is 0. The topological polar surface area (TPSA) is 48.1 Å². The summed E-state index contributed by atoms with van der Waals surface area (Å²) < 4.78 is 5.53. The Bertz CT molecular complexity index is 536. The molecular weight excluding hydrogens is 188 g/mol. The second kappa shape index (κ2) is 2.94. The Balaban J connectivity index is 2.41. The average molecular weight is 200 g/mol. The van der Waals surface area contributed by atoms with Crippen molar-refractivity contribution in [3.8, 4) is 0 Å². The van der Waals surface area contributed by atoms with Gasteiger partial charge in [-0.15, -0.1) is 0 Å². The summed E-state index contributed by atoms with van der Waals surface area (Å²) in [6, 6.07) is 7.94. The van der Waals surface area contributed by atoms with Crippen molar-refractivity contribution in [2.75, 3.05) is 5.73 Å². The molecule has 2 aromatic rings. The molecule has 1 aromatic heterocycles. The van der Waals surface area contributed by atoms with E-state index in [-0.39, 0.29) is 6.10 Å². The SMILES string of the molecule is C[C@@H]1OCc2c1nc1ccccc1c2N. The van der Waals surface area contributed by atoms with E-state index in [4.69, 9.17) is 10.5 Å². The van der Waals surface area contributed by atoms with Crippen LogP contribution in [0.1, 0.15) is 24.3 Å². The highest BCUT2D eigenvalue weighted by Gasteiger charge is 2.24. The monoisotopic (exact) mass is 200 g/mol. The van der Waals surface area contributed by atoms with E-state index in [1.165, 1.54) is 0 Å². The maximum Gasteiger partial charge on any atom is 0.0975 e. The molecule has 1 aliphatic heterocycles. The minimum atomic E-state index is 0.0620. The molecule has 1 atom stereocenters. The fourth-order valence-corrected chi connectivity index (χ4v) is 2.07. The van der Waals surface area contributed by atoms with Gasteiger partial charge in [0.05, 0.1) is 23.9 Å². The third kappa shape index (κ3) is 1.13. The van der Waals surface area contributed by atoms with Crippen molar-refractivity contribution < 1.29 is 4.74 Å². The molecule has 1 aromatic carbocycles. The van der Waals surface area contributed by atoms with Gasteiger partial charge < -0.3 is 10.5 Å². The van der Waals surface area contributed by atoms with E-state index in [2.05, 4.69) is 4.98 Å². The Morgan fingerprint density at radius 3 is 3.07 bits per heavy atom. The molecule has 2 N–H and O–H groups in total. The van der Waals surface area contributed by atoms with Gasteiger partial charge in [-0.2, -0.15) is 0 Å². The third-order valence-corrected chi connectivity index (χ3v) is 2.93. The van der Waals surface area contributed by atoms with Gasteiger partial charge in [-0.05, 0) is 13.0 Å². The van der Waals surface area contributed by atoms with Crippen molar-refractivity contribution in [2.24, 2.45) is 0 Å². The zero-order chi connectivity index (χ0) is 10.4. The van der Waals surface area contributed by atoms with Gasteiger partial charge in [0.1, 0.15) is 0 Å². The first-order chi connectivity index (χ1) is 7.27. The van der Waals surface area contributed by atoms with Crippen LogP contribution in [-0.2, 0) is 11.3 Å². The second-order valence-electron chi connectivity index (χ2n) is 3.86. The molecule has 0 fully saturated rings. The number of hydrogen-bond donors (Lipinski definition) is 1. The quantitative estimate of drug-likeness (QED) is 0.710. The lowest BCUT2D eigenvalue weighted by Gasteiger charge is -2.07. The smallest absolute Gasteiger partial charge is 0.0975 e. The lowest BCUT2D eigenvalue weighted by atomic mass is 10.1. The molecule has 76 valence electrons. The highest BCUT2D eigenvalue weighted by atomic mass is 16.5. The molecule has 0 bridgehead atoms. The molecule has 3 rings (SSSR count). The lowest BCUT2D eigenvalue weighted by Crippen LogP contribution is -1.99. The minimum Gasteiger partial charge on any atom is -0.398 e. The maximum atomic E-state index is 6.11. The highest BCUT2D eigenvalue weighted by molar-refractivity contribution is 5.92. The van der Waals surface area contributed by atoms with Crippen LogP contribution in [0.4, 0.5) is 5.69 Å². The van der Waals surface area contributed by atoms with Gasteiger partial charge in [-0.25, -0.2) is 4.98 Å². The van der Waals surface area contributed by atoms with Gasteiger partial charge >= 0.3 is 0 Å². The van der Waals surface area contributed by atoms with Crippen LogP contribution in [0.5, 0.6) is 0 Å². The Morgan fingerprint density at radius 1 is 1.40 bits per heavy atom. The van der Waals surface area contributed by atoms with E-state index in [9.17, 15) is 0 Å². The van der Waals surface area contributed by atoms with Crippen LogP contribution in [0.25, 0.3) is 10.9 Å². The number of pyridine rings is 1. The number of nitrogens with two attached hydrogens (primary N) is 1. The summed E-state index contributed by atoms with van der Waals surface area (Å²) in [6.45, 7) is 2.59. The summed E-state index contributed by atoms with van der Waals surface area (Å²) in [7, 11) is 0. The number of para-hydroxylation sites is 1. The molecule has 0 saturated carbocycles. The number of fused-ring (bicyclic) bond motifs is 2. The van der Waals surface area contributed by atoms with E-state index in [1.807, 2.05) is 31.2 Å². The Morgan fingerprint density at radius 2 is 2.20 bits per heavy atom. The van der Waals surface area contributed by atoms with E-state index in [1.54, 1.807) is 0 Å². The van der Waals surface area contributed by atoms with Crippen molar-refractivity contribution >= 4 is 16.6 Å². The first-order valence-corrected chi connectivity index (χ1v) is 5.06. The first-order valence-electron chi connectivity index (χ1n) is 5.06. The number of nitrogens with zero attached hydrogens (tertiary/aromatic N) is 1. The molecule has 0 aliphatic carbocycles. The molecule has 1 aliphatic rings. The second-order valence-corrected chi connectivity index (χ2v) is 3.86. The summed E-state index contributed by atoms with van der Waals surface area (Å²) >= 11 is 0. The summed E-state index contributed by atoms with van der Waals surface area (Å²) in [6.07, 6.45) is 0.0620. The van der Waals surface area contributed by atoms with E-state index >= 15 is 0 Å². The van der Waals surface area contributed by atoms with Crippen LogP contribution < -0.4 is 5.73 Å². The minimum absolute atomic E-state index is 0.0620. The molecule has 0 unspecified atom stereocenters. The summed E-state index contributed by atoms with van der Waals surface area (Å²) in [5.41, 5.74) is 9.93. The zero-order valence-electron chi connectivity index (χ0n) is 8.53. The Labute approximate surface area is 87.9 Å². The average Bonchev–Trinajstić information content (AvgIpc) is 2.62. The molecule has 0 amide bonds. The van der Waals surface area contributed by atoms with Gasteiger partial charge in [0.15, 0.2) is 0 Å². The Hall–Kier alpha value is -1.61. The molecule has 0 saturated heterocycles. The standard InChI is InChI=1S/C12H12N2O/c1-7-12-9(6-15-7)11(13)8-4-2-3-5-10(8)14-12/h2-5,7H,6H2,1H3,(H2,13,14)/t7-/m0/s1. The number of anilines is 1. The van der Waals surface area contributed by atoms with Gasteiger partial charge in [-0.3, -0.25) is 0 Å². The molecule has 0 radical (unpaired) electrons. The van der Waals surface area contributed by atoms with Crippen molar-refractivity contribution in [1.29, 1.82) is 0 Å². The van der Waals surface area contributed by atoms with Crippen LogP contribution in [-0.4, -0.2) is 4.98 Å². The van der Waals surface area contributed by atoms with Crippen LogP contribution in [0, 0.1) is 0 Å². The van der Waals surface area contributed by atoms with Crippen LogP contribution in [0.2, 0.25) is 0 Å². The van der Waals surface area contributed by atoms with E-state index in [0.29, 0.717) is 6.61 Å². The number of aromatic nitrogens is 1. The summed E-state index contributed by atoms with van der Waals surface area (Å²) in [4.78, 5) is 4.59. The van der Waals surface area contributed by atoms with Crippen LogP contribution in [0.15, 0.2) is 24.3 Å². The van der Waals surface area contributed by atoms with Crippen molar-refractivity contribution in [2.45, 2.75) is 19.6 Å². The first kappa shape index (κ1) is 8.68. The van der Waals surface area contributed by atoms with Crippen molar-refractivity contribution in [3.63, 3.8) is 0 Å². The fraction of sp³-hybridized carbons (Fsp3) is 0.250. The highest BCUT2D eigenvalue weighted by Crippen LogP contribution is 2.35. The predicted molar refractivity (Wildman–Crippen MR) is 59.4 cm³/mol. The maximum absolute atomic E-state index is 6.11. The number of nitrogen functional groups attached to an aromatic ring is 1. The molecular formula is C12H12N2O. The molecule has 2 heterocycles. The zero-order valence-corrected chi connectivity index (χ0v) is 8.53. The van der Waals surface area contributed by atoms with Crippen molar-refractivity contribution in [1.82, 2.24) is 4.98 Å². The van der Waals surface area contributed by atoms with Gasteiger partial charge in [-0.1, -0.05) is 18.2 Å². The number of benzene rings is 1. The van der Waals surface area contributed by atoms with E-state index in [0.717, 1.165) is 27.8 Å². The molecule has 3 heteroatoms. The summed E-state index contributed by atoms with van der Waals surface area (Å²) in [5, 5.41) is 1.02. The fourth-order valence-electron chi connectivity index (χ4n) is 2.07. The lowest BCUT2D eigenvalue weighted by molar-refractivity contribution is 0.0781. The third-order valence-electron chi connectivity index (χ3n) is 2.93. The number of hydrogen-bond acceptors (Lipinski definition) is 3. The summed E-state index contributed by atoms with van der Waals surface area (Å²) in [5.74, 6) is 0. The van der Waals surface area contributed by atoms with Crippen molar-refractivity contribution in [3.05, 3.63) is 35.5 Å². The molecule has 0 spiro atoms. The Kier molecular flexibility index (Phi) is 1.70. The predicted octanol–water partition coefficient (Wildman–Crippen LogP) is 2.41. The molecule has 15 heavy (non-hydrogen) atoms. The normalized spacial score (nSPS) is 19.4. The molecule has 3 nitrogen and oxygen atoms in total. The van der Waals surface area contributed by atoms with Gasteiger partial charge in [0.2, 0.25) is 0 Å². The van der Waals surface area contributed by atoms with Gasteiger partial charge in [0, 0.05) is 16.6 Å². The van der Waals surface area contributed by atoms with Gasteiger partial charge in [0.25, 0.3) is 0 Å². The van der Waals surface area contributed by atoms with E-state index < -0.39 is 0 Å². The number of ether oxygens (including phenoxy) is 1. The van der Waals surface area contributed by atoms with Crippen LogP contribution in [0.3, 0.4) is 0 Å².